The smallest absolute Gasteiger partial charge is 0.323 e. The van der Waals surface area contributed by atoms with Crippen LogP contribution in [0.25, 0.3) is 0 Å². The van der Waals surface area contributed by atoms with Gasteiger partial charge in [-0.15, -0.1) is 0 Å². The van der Waals surface area contributed by atoms with Gasteiger partial charge in [0.25, 0.3) is 0 Å². The van der Waals surface area contributed by atoms with Crippen molar-refractivity contribution >= 4 is 17.3 Å². The highest BCUT2D eigenvalue weighted by Crippen LogP contribution is 2.32. The largest absolute Gasteiger partial charge is 0.480 e. The number of nitrogens with zero attached hydrogens (tertiary/aromatic N) is 2. The second-order valence-electron chi connectivity index (χ2n) is 5.82. The fourth-order valence-corrected chi connectivity index (χ4v) is 2.82. The third-order valence-electron chi connectivity index (χ3n) is 4.45. The number of hydrogen-bond donors (Lipinski definition) is 2. The summed E-state index contributed by atoms with van der Waals surface area (Å²) in [6.07, 6.45) is 1.75. The van der Waals surface area contributed by atoms with Crippen molar-refractivity contribution in [1.29, 1.82) is 0 Å². The summed E-state index contributed by atoms with van der Waals surface area (Å²) in [5, 5.41) is 9.22. The van der Waals surface area contributed by atoms with Gasteiger partial charge in [-0.05, 0) is 31.4 Å². The van der Waals surface area contributed by atoms with Gasteiger partial charge in [-0.3, -0.25) is 4.79 Å². The minimum absolute atomic E-state index is 0.460. The zero-order valence-electron chi connectivity index (χ0n) is 12.9. The number of hydrogen-bond acceptors (Lipinski definition) is 4. The van der Waals surface area contributed by atoms with Crippen LogP contribution in [-0.2, 0) is 4.79 Å². The first-order chi connectivity index (χ1) is 9.98. The summed E-state index contributed by atoms with van der Waals surface area (Å²) in [6, 6.07) is 8.34. The van der Waals surface area contributed by atoms with Crippen molar-refractivity contribution in [2.24, 2.45) is 5.73 Å². The number of benzene rings is 1. The molecule has 0 fully saturated rings. The summed E-state index contributed by atoms with van der Waals surface area (Å²) in [4.78, 5) is 15.8. The van der Waals surface area contributed by atoms with E-state index in [0.717, 1.165) is 26.1 Å². The van der Waals surface area contributed by atoms with Gasteiger partial charge < -0.3 is 20.6 Å². The van der Waals surface area contributed by atoms with Crippen molar-refractivity contribution in [3.8, 4) is 0 Å². The van der Waals surface area contributed by atoms with Crippen LogP contribution >= 0.6 is 0 Å². The van der Waals surface area contributed by atoms with Gasteiger partial charge in [0.1, 0.15) is 5.54 Å². The molecular weight excluding hydrogens is 266 g/mol. The highest BCUT2D eigenvalue weighted by molar-refractivity contribution is 5.78. The lowest BCUT2D eigenvalue weighted by Gasteiger charge is -2.37. The Labute approximate surface area is 126 Å². The Hall–Kier alpha value is -1.75. The van der Waals surface area contributed by atoms with Crippen LogP contribution in [0.15, 0.2) is 24.3 Å². The minimum Gasteiger partial charge on any atom is -0.480 e. The lowest BCUT2D eigenvalue weighted by molar-refractivity contribution is -0.143. The summed E-state index contributed by atoms with van der Waals surface area (Å²) in [5.74, 6) is -0.899. The zero-order valence-corrected chi connectivity index (χ0v) is 12.9. The maximum atomic E-state index is 11.2. The molecule has 5 heteroatoms. The van der Waals surface area contributed by atoms with E-state index < -0.39 is 11.5 Å². The standard InChI is InChI=1S/C16H25N3O2/c1-3-16(17,15(20)21)9-6-10-19-12-11-18(2)13-7-4-5-8-14(13)19/h4-5,7-8H,3,6,9-12,17H2,1-2H3,(H,20,21). The zero-order chi connectivity index (χ0) is 15.5. The monoisotopic (exact) mass is 291 g/mol. The highest BCUT2D eigenvalue weighted by atomic mass is 16.4. The van der Waals surface area contributed by atoms with Crippen LogP contribution in [0.4, 0.5) is 11.4 Å². The molecule has 1 aliphatic rings. The molecular formula is C16H25N3O2. The molecule has 1 unspecified atom stereocenters. The molecule has 1 aliphatic heterocycles. The molecule has 1 aromatic rings. The van der Waals surface area contributed by atoms with Gasteiger partial charge in [0.15, 0.2) is 0 Å². The second-order valence-corrected chi connectivity index (χ2v) is 5.82. The van der Waals surface area contributed by atoms with Crippen LogP contribution < -0.4 is 15.5 Å². The molecule has 0 aliphatic carbocycles. The maximum absolute atomic E-state index is 11.2. The number of likely N-dealkylation sites (N-methyl/N-ethyl adjacent to an activating group) is 1. The molecule has 116 valence electrons. The predicted octanol–water partition coefficient (Wildman–Crippen LogP) is 1.92. The van der Waals surface area contributed by atoms with Crippen molar-refractivity contribution in [3.05, 3.63) is 24.3 Å². The number of aliphatic carboxylic acids is 1. The molecule has 0 aromatic heterocycles. The Morgan fingerprint density at radius 2 is 2.00 bits per heavy atom. The molecule has 5 nitrogen and oxygen atoms in total. The van der Waals surface area contributed by atoms with Crippen molar-refractivity contribution in [2.45, 2.75) is 31.7 Å². The minimum atomic E-state index is -1.09. The maximum Gasteiger partial charge on any atom is 0.323 e. The van der Waals surface area contributed by atoms with Crippen LogP contribution in [0.2, 0.25) is 0 Å². The Kier molecular flexibility index (Phi) is 4.73. The van der Waals surface area contributed by atoms with E-state index in [9.17, 15) is 9.90 Å². The van der Waals surface area contributed by atoms with E-state index in [0.29, 0.717) is 12.8 Å². The SMILES string of the molecule is CCC(N)(CCCN1CCN(C)c2ccccc21)C(=O)O. The van der Waals surface area contributed by atoms with Gasteiger partial charge in [0.05, 0.1) is 11.4 Å². The van der Waals surface area contributed by atoms with Crippen LogP contribution in [0.5, 0.6) is 0 Å². The topological polar surface area (TPSA) is 69.8 Å². The quantitative estimate of drug-likeness (QED) is 0.838. The van der Waals surface area contributed by atoms with Crippen molar-refractivity contribution < 1.29 is 9.90 Å². The molecule has 0 spiro atoms. The lowest BCUT2D eigenvalue weighted by Crippen LogP contribution is -2.48. The number of carbonyl (C=O) groups is 1. The van der Waals surface area contributed by atoms with E-state index in [1.807, 2.05) is 19.1 Å². The molecule has 0 saturated carbocycles. The van der Waals surface area contributed by atoms with E-state index in [-0.39, 0.29) is 0 Å². The Bertz CT molecular complexity index is 506. The average Bonchev–Trinajstić information content (AvgIpc) is 2.49. The summed E-state index contributed by atoms with van der Waals surface area (Å²) >= 11 is 0. The van der Waals surface area contributed by atoms with Gasteiger partial charge in [-0.25, -0.2) is 0 Å². The molecule has 2 rings (SSSR count). The van der Waals surface area contributed by atoms with Gasteiger partial charge >= 0.3 is 5.97 Å². The number of carboxylic acids is 1. The number of carboxylic acid groups (broad SMARTS) is 1. The van der Waals surface area contributed by atoms with Crippen LogP contribution in [0, 0.1) is 0 Å². The number of nitrogens with two attached hydrogens (primary N) is 1. The molecule has 0 radical (unpaired) electrons. The van der Waals surface area contributed by atoms with Crippen molar-refractivity contribution in [2.75, 3.05) is 36.5 Å². The first-order valence-electron chi connectivity index (χ1n) is 7.55. The third kappa shape index (κ3) is 3.29. The fraction of sp³-hybridized carbons (Fsp3) is 0.562. The molecule has 3 N–H and O–H groups in total. The van der Waals surface area contributed by atoms with E-state index in [4.69, 9.17) is 5.73 Å². The van der Waals surface area contributed by atoms with Crippen molar-refractivity contribution in [3.63, 3.8) is 0 Å². The van der Waals surface area contributed by atoms with E-state index in [1.54, 1.807) is 0 Å². The van der Waals surface area contributed by atoms with E-state index in [1.165, 1.54) is 11.4 Å². The highest BCUT2D eigenvalue weighted by Gasteiger charge is 2.31. The Morgan fingerprint density at radius 3 is 2.62 bits per heavy atom. The normalized spacial score (nSPS) is 17.3. The summed E-state index contributed by atoms with van der Waals surface area (Å²) in [7, 11) is 2.10. The van der Waals surface area contributed by atoms with Crippen LogP contribution in [0.1, 0.15) is 26.2 Å². The van der Waals surface area contributed by atoms with Crippen LogP contribution in [-0.4, -0.2) is 43.3 Å². The molecule has 0 bridgehead atoms. The molecule has 0 amide bonds. The van der Waals surface area contributed by atoms with E-state index >= 15 is 0 Å². The molecule has 0 saturated heterocycles. The van der Waals surface area contributed by atoms with Gasteiger partial charge in [0, 0.05) is 26.7 Å². The Balaban J connectivity index is 1.99. The predicted molar refractivity (Wildman–Crippen MR) is 86.0 cm³/mol. The third-order valence-corrected chi connectivity index (χ3v) is 4.45. The number of para-hydroxylation sites is 2. The summed E-state index contributed by atoms with van der Waals surface area (Å²) in [6.45, 7) is 4.62. The van der Waals surface area contributed by atoms with Gasteiger partial charge in [-0.2, -0.15) is 0 Å². The number of anilines is 2. The fourth-order valence-electron chi connectivity index (χ4n) is 2.82. The molecule has 1 aromatic carbocycles. The first kappa shape index (κ1) is 15.6. The molecule has 1 atom stereocenters. The second kappa shape index (κ2) is 6.35. The average molecular weight is 291 g/mol. The van der Waals surface area contributed by atoms with E-state index in [2.05, 4.69) is 29.0 Å². The summed E-state index contributed by atoms with van der Waals surface area (Å²) < 4.78 is 0. The number of fused-ring (bicyclic) bond motifs is 1. The van der Waals surface area contributed by atoms with Crippen LogP contribution in [0.3, 0.4) is 0 Å². The van der Waals surface area contributed by atoms with Gasteiger partial charge in [0.2, 0.25) is 0 Å². The Morgan fingerprint density at radius 1 is 1.33 bits per heavy atom. The van der Waals surface area contributed by atoms with Crippen molar-refractivity contribution in [1.82, 2.24) is 0 Å². The lowest BCUT2D eigenvalue weighted by atomic mass is 9.91. The molecule has 1 heterocycles. The first-order valence-corrected chi connectivity index (χ1v) is 7.55. The number of rotatable bonds is 6. The molecule has 21 heavy (non-hydrogen) atoms. The summed E-state index contributed by atoms with van der Waals surface area (Å²) in [5.41, 5.74) is 7.31. The van der Waals surface area contributed by atoms with Gasteiger partial charge in [-0.1, -0.05) is 19.1 Å².